The molecular weight excluding hydrogens is 456 g/mol. The van der Waals surface area contributed by atoms with Gasteiger partial charge in [-0.1, -0.05) is 29.8 Å². The van der Waals surface area contributed by atoms with Crippen LogP contribution in [0, 0.1) is 0 Å². The lowest BCUT2D eigenvalue weighted by atomic mass is 10.1. The number of carbonyl (C=O) groups excluding carboxylic acids is 2. The largest absolute Gasteiger partial charge is 0.336 e. The molecule has 170 valence electrons. The molecule has 2 saturated heterocycles. The zero-order chi connectivity index (χ0) is 22.8. The van der Waals surface area contributed by atoms with E-state index < -0.39 is 0 Å². The standard InChI is InChI=1S/C25H25ClN4O2S/c26-20-5-1-3-18(15-20)23-8-7-22(33-23)17-28-11-13-29(14-12-28)24(31)19-4-2-6-21(16-19)30-10-9-27-25(30)32/h1-8,15-16H,9-14,17H2,(H,27,32). The molecule has 5 rings (SSSR count). The number of carbonyl (C=O) groups is 2. The molecule has 0 spiro atoms. The van der Waals surface area contributed by atoms with Crippen LogP contribution < -0.4 is 10.2 Å². The summed E-state index contributed by atoms with van der Waals surface area (Å²) in [5.41, 5.74) is 2.54. The zero-order valence-corrected chi connectivity index (χ0v) is 19.7. The van der Waals surface area contributed by atoms with E-state index in [9.17, 15) is 9.59 Å². The first-order chi connectivity index (χ1) is 16.1. The van der Waals surface area contributed by atoms with Crippen molar-refractivity contribution in [3.05, 3.63) is 76.1 Å². The van der Waals surface area contributed by atoms with E-state index in [0.29, 0.717) is 31.7 Å². The Morgan fingerprint density at radius 3 is 2.55 bits per heavy atom. The summed E-state index contributed by atoms with van der Waals surface area (Å²) in [5.74, 6) is 0.0236. The van der Waals surface area contributed by atoms with Gasteiger partial charge in [-0.05, 0) is 48.0 Å². The summed E-state index contributed by atoms with van der Waals surface area (Å²) in [6.07, 6.45) is 0. The second-order valence-corrected chi connectivity index (χ2v) is 9.88. The average molecular weight is 481 g/mol. The molecule has 6 nitrogen and oxygen atoms in total. The van der Waals surface area contributed by atoms with Gasteiger partial charge in [0.1, 0.15) is 0 Å². The number of piperazine rings is 1. The maximum Gasteiger partial charge on any atom is 0.321 e. The minimum absolute atomic E-state index is 0.0236. The van der Waals surface area contributed by atoms with Gasteiger partial charge in [-0.3, -0.25) is 14.6 Å². The molecule has 0 bridgehead atoms. The van der Waals surface area contributed by atoms with Crippen LogP contribution in [-0.4, -0.2) is 61.0 Å². The Labute approximate surface area is 202 Å². The van der Waals surface area contributed by atoms with Crippen molar-refractivity contribution in [1.29, 1.82) is 0 Å². The molecule has 33 heavy (non-hydrogen) atoms. The van der Waals surface area contributed by atoms with Gasteiger partial charge in [0, 0.05) is 71.8 Å². The molecular formula is C25H25ClN4O2S. The zero-order valence-electron chi connectivity index (χ0n) is 18.2. The quantitative estimate of drug-likeness (QED) is 0.582. The van der Waals surface area contributed by atoms with E-state index in [-0.39, 0.29) is 11.9 Å². The third-order valence-electron chi connectivity index (χ3n) is 6.07. The summed E-state index contributed by atoms with van der Waals surface area (Å²) < 4.78 is 0. The van der Waals surface area contributed by atoms with Crippen LogP contribution in [0.4, 0.5) is 10.5 Å². The first kappa shape index (κ1) is 21.9. The molecule has 2 aromatic carbocycles. The van der Waals surface area contributed by atoms with Crippen molar-refractivity contribution in [2.24, 2.45) is 0 Å². The van der Waals surface area contributed by atoms with Crippen molar-refractivity contribution in [2.75, 3.05) is 44.2 Å². The Hall–Kier alpha value is -2.87. The number of rotatable bonds is 5. The maximum absolute atomic E-state index is 13.1. The van der Waals surface area contributed by atoms with Crippen molar-refractivity contribution in [1.82, 2.24) is 15.1 Å². The van der Waals surface area contributed by atoms with Crippen LogP contribution in [0.2, 0.25) is 5.02 Å². The summed E-state index contributed by atoms with van der Waals surface area (Å²) in [4.78, 5) is 33.5. The molecule has 0 saturated carbocycles. The van der Waals surface area contributed by atoms with Gasteiger partial charge in [0.25, 0.3) is 5.91 Å². The third-order valence-corrected chi connectivity index (χ3v) is 7.43. The highest BCUT2D eigenvalue weighted by atomic mass is 35.5. The highest BCUT2D eigenvalue weighted by molar-refractivity contribution is 7.15. The molecule has 2 aliphatic heterocycles. The van der Waals surface area contributed by atoms with E-state index in [4.69, 9.17) is 11.6 Å². The van der Waals surface area contributed by atoms with E-state index in [1.165, 1.54) is 9.75 Å². The fourth-order valence-electron chi connectivity index (χ4n) is 4.30. The molecule has 1 N–H and O–H groups in total. The number of nitrogens with one attached hydrogen (secondary N) is 1. The third kappa shape index (κ3) is 4.90. The number of urea groups is 1. The lowest BCUT2D eigenvalue weighted by Gasteiger charge is -2.34. The van der Waals surface area contributed by atoms with Crippen LogP contribution in [0.5, 0.6) is 0 Å². The monoisotopic (exact) mass is 480 g/mol. The van der Waals surface area contributed by atoms with Crippen LogP contribution in [0.15, 0.2) is 60.7 Å². The van der Waals surface area contributed by atoms with E-state index in [2.05, 4.69) is 28.4 Å². The maximum atomic E-state index is 13.1. The number of benzene rings is 2. The van der Waals surface area contributed by atoms with E-state index in [1.807, 2.05) is 47.4 Å². The minimum Gasteiger partial charge on any atom is -0.336 e. The summed E-state index contributed by atoms with van der Waals surface area (Å²) in [5, 5.41) is 3.55. The summed E-state index contributed by atoms with van der Waals surface area (Å²) in [7, 11) is 0. The molecule has 0 atom stereocenters. The fourth-order valence-corrected chi connectivity index (χ4v) is 5.53. The normalized spacial score (nSPS) is 16.8. The van der Waals surface area contributed by atoms with Crippen LogP contribution in [0.1, 0.15) is 15.2 Å². The van der Waals surface area contributed by atoms with Crippen molar-refractivity contribution in [3.8, 4) is 10.4 Å². The van der Waals surface area contributed by atoms with E-state index in [1.54, 1.807) is 16.2 Å². The molecule has 3 amide bonds. The van der Waals surface area contributed by atoms with Gasteiger partial charge < -0.3 is 10.2 Å². The Morgan fingerprint density at radius 1 is 0.970 bits per heavy atom. The highest BCUT2D eigenvalue weighted by Gasteiger charge is 2.25. The predicted molar refractivity (Wildman–Crippen MR) is 133 cm³/mol. The summed E-state index contributed by atoms with van der Waals surface area (Å²) >= 11 is 7.92. The minimum atomic E-state index is -0.111. The number of nitrogens with zero attached hydrogens (tertiary/aromatic N) is 3. The Balaban J connectivity index is 1.18. The summed E-state index contributed by atoms with van der Waals surface area (Å²) in [6, 6.07) is 19.5. The SMILES string of the molecule is O=C(c1cccc(N2CCNC2=O)c1)N1CCN(Cc2ccc(-c3cccc(Cl)c3)s2)CC1. The van der Waals surface area contributed by atoms with Crippen LogP contribution in [0.25, 0.3) is 10.4 Å². The molecule has 0 aliphatic carbocycles. The molecule has 3 aromatic rings. The van der Waals surface area contributed by atoms with Gasteiger partial charge in [-0.25, -0.2) is 4.79 Å². The number of hydrogen-bond acceptors (Lipinski definition) is 4. The smallest absolute Gasteiger partial charge is 0.321 e. The lowest BCUT2D eigenvalue weighted by molar-refractivity contribution is 0.0629. The molecule has 0 unspecified atom stereocenters. The van der Waals surface area contributed by atoms with Gasteiger partial charge in [-0.2, -0.15) is 0 Å². The molecule has 0 radical (unpaired) electrons. The molecule has 8 heteroatoms. The molecule has 2 fully saturated rings. The van der Waals surface area contributed by atoms with E-state index >= 15 is 0 Å². The topological polar surface area (TPSA) is 55.9 Å². The first-order valence-electron chi connectivity index (χ1n) is 11.1. The van der Waals surface area contributed by atoms with Crippen LogP contribution >= 0.6 is 22.9 Å². The fraction of sp³-hybridized carbons (Fsp3) is 0.280. The number of thiophene rings is 1. The van der Waals surface area contributed by atoms with Crippen molar-refractivity contribution < 1.29 is 9.59 Å². The summed E-state index contributed by atoms with van der Waals surface area (Å²) in [6.45, 7) is 5.20. The van der Waals surface area contributed by atoms with Crippen molar-refractivity contribution in [2.45, 2.75) is 6.54 Å². The Kier molecular flexibility index (Phi) is 6.35. The highest BCUT2D eigenvalue weighted by Crippen LogP contribution is 2.30. The van der Waals surface area contributed by atoms with Gasteiger partial charge in [0.15, 0.2) is 0 Å². The number of anilines is 1. The predicted octanol–water partition coefficient (Wildman–Crippen LogP) is 4.56. The van der Waals surface area contributed by atoms with Gasteiger partial charge >= 0.3 is 6.03 Å². The first-order valence-corrected chi connectivity index (χ1v) is 12.3. The van der Waals surface area contributed by atoms with Gasteiger partial charge in [0.2, 0.25) is 0 Å². The number of amides is 3. The van der Waals surface area contributed by atoms with Gasteiger partial charge in [-0.15, -0.1) is 11.3 Å². The molecule has 2 aliphatic rings. The molecule has 1 aromatic heterocycles. The van der Waals surface area contributed by atoms with Gasteiger partial charge in [0.05, 0.1) is 0 Å². The van der Waals surface area contributed by atoms with Crippen LogP contribution in [-0.2, 0) is 6.54 Å². The second kappa shape index (κ2) is 9.55. The van der Waals surface area contributed by atoms with Crippen molar-refractivity contribution in [3.63, 3.8) is 0 Å². The molecule has 3 heterocycles. The number of halogens is 1. The lowest BCUT2D eigenvalue weighted by Crippen LogP contribution is -2.48. The van der Waals surface area contributed by atoms with Crippen LogP contribution in [0.3, 0.4) is 0 Å². The van der Waals surface area contributed by atoms with E-state index in [0.717, 1.165) is 35.9 Å². The van der Waals surface area contributed by atoms with Crippen molar-refractivity contribution >= 4 is 40.6 Å². The average Bonchev–Trinajstić information content (AvgIpc) is 3.48. The number of hydrogen-bond donors (Lipinski definition) is 1. The second-order valence-electron chi connectivity index (χ2n) is 8.28. The Morgan fingerprint density at radius 2 is 1.79 bits per heavy atom. The Bertz CT molecular complexity index is 1170.